The maximum Gasteiger partial charge on any atom is 0.137 e. The monoisotopic (exact) mass is 231 g/mol. The topological polar surface area (TPSA) is 42.2 Å². The number of aryl methyl sites for hydroxylation is 1. The van der Waals surface area contributed by atoms with Gasteiger partial charge in [-0.15, -0.1) is 0 Å². The van der Waals surface area contributed by atoms with Crippen LogP contribution in [0.1, 0.15) is 30.9 Å². The summed E-state index contributed by atoms with van der Waals surface area (Å²) in [5, 5.41) is 9.11. The molecule has 1 aromatic carbocycles. The van der Waals surface area contributed by atoms with Crippen molar-refractivity contribution < 1.29 is 9.47 Å². The average Bonchev–Trinajstić information content (AvgIpc) is 2.40. The second-order valence-electron chi connectivity index (χ2n) is 4.23. The fraction of sp³-hybridized carbons (Fsp3) is 0.500. The molecule has 1 aromatic rings. The molecule has 0 aliphatic carbocycles. The summed E-state index contributed by atoms with van der Waals surface area (Å²) in [7, 11) is 0. The fourth-order valence-electron chi connectivity index (χ4n) is 1.96. The smallest absolute Gasteiger partial charge is 0.137 e. The summed E-state index contributed by atoms with van der Waals surface area (Å²) in [6.07, 6.45) is 2.93. The van der Waals surface area contributed by atoms with Gasteiger partial charge in [-0.3, -0.25) is 0 Å². The molecule has 17 heavy (non-hydrogen) atoms. The van der Waals surface area contributed by atoms with Crippen molar-refractivity contribution in [2.75, 3.05) is 13.2 Å². The SMILES string of the molecule is CCc1ccc(OC2CCOCC2)c(C#N)c1. The van der Waals surface area contributed by atoms with Crippen molar-refractivity contribution in [3.05, 3.63) is 29.3 Å². The Morgan fingerprint density at radius 2 is 2.18 bits per heavy atom. The van der Waals surface area contributed by atoms with Crippen LogP contribution in [-0.2, 0) is 11.2 Å². The molecule has 3 heteroatoms. The molecule has 0 unspecified atom stereocenters. The van der Waals surface area contributed by atoms with Crippen LogP contribution in [-0.4, -0.2) is 19.3 Å². The van der Waals surface area contributed by atoms with E-state index in [0.717, 1.165) is 32.5 Å². The minimum absolute atomic E-state index is 0.184. The van der Waals surface area contributed by atoms with E-state index in [-0.39, 0.29) is 6.10 Å². The van der Waals surface area contributed by atoms with E-state index in [1.807, 2.05) is 18.2 Å². The zero-order chi connectivity index (χ0) is 12.1. The predicted octanol–water partition coefficient (Wildman–Crippen LogP) is 2.68. The minimum atomic E-state index is 0.184. The summed E-state index contributed by atoms with van der Waals surface area (Å²) in [4.78, 5) is 0. The Morgan fingerprint density at radius 3 is 2.82 bits per heavy atom. The molecule has 3 nitrogen and oxygen atoms in total. The molecule has 0 saturated carbocycles. The van der Waals surface area contributed by atoms with Crippen molar-refractivity contribution in [3.63, 3.8) is 0 Å². The Morgan fingerprint density at radius 1 is 1.41 bits per heavy atom. The van der Waals surface area contributed by atoms with Crippen LogP contribution in [0, 0.1) is 11.3 Å². The number of hydrogen-bond acceptors (Lipinski definition) is 3. The average molecular weight is 231 g/mol. The first kappa shape index (κ1) is 11.9. The van der Waals surface area contributed by atoms with Gasteiger partial charge in [-0.2, -0.15) is 5.26 Å². The summed E-state index contributed by atoms with van der Waals surface area (Å²) in [5.41, 5.74) is 1.80. The van der Waals surface area contributed by atoms with Crippen molar-refractivity contribution in [2.45, 2.75) is 32.3 Å². The summed E-state index contributed by atoms with van der Waals surface area (Å²) < 4.78 is 11.2. The molecule has 1 saturated heterocycles. The largest absolute Gasteiger partial charge is 0.489 e. The maximum atomic E-state index is 9.11. The highest BCUT2D eigenvalue weighted by molar-refractivity contribution is 5.45. The van der Waals surface area contributed by atoms with E-state index in [4.69, 9.17) is 14.7 Å². The molecule has 0 radical (unpaired) electrons. The predicted molar refractivity (Wildman–Crippen MR) is 65.0 cm³/mol. The number of rotatable bonds is 3. The highest BCUT2D eigenvalue weighted by Gasteiger charge is 2.16. The van der Waals surface area contributed by atoms with Gasteiger partial charge >= 0.3 is 0 Å². The highest BCUT2D eigenvalue weighted by atomic mass is 16.5. The molecular weight excluding hydrogens is 214 g/mol. The molecule has 1 heterocycles. The molecule has 0 N–H and O–H groups in total. The molecule has 1 fully saturated rings. The summed E-state index contributed by atoms with van der Waals surface area (Å²) in [5.74, 6) is 0.705. The molecule has 0 aromatic heterocycles. The number of hydrogen-bond donors (Lipinski definition) is 0. The lowest BCUT2D eigenvalue weighted by Gasteiger charge is -2.23. The van der Waals surface area contributed by atoms with Crippen LogP contribution in [0.5, 0.6) is 5.75 Å². The molecule has 0 atom stereocenters. The van der Waals surface area contributed by atoms with E-state index in [1.165, 1.54) is 5.56 Å². The van der Waals surface area contributed by atoms with Crippen molar-refractivity contribution >= 4 is 0 Å². The zero-order valence-corrected chi connectivity index (χ0v) is 10.1. The van der Waals surface area contributed by atoms with Crippen LogP contribution in [0.2, 0.25) is 0 Å². The van der Waals surface area contributed by atoms with Gasteiger partial charge in [0.1, 0.15) is 17.9 Å². The molecule has 2 rings (SSSR count). The van der Waals surface area contributed by atoms with Crippen molar-refractivity contribution in [1.82, 2.24) is 0 Å². The lowest BCUT2D eigenvalue weighted by molar-refractivity contribution is 0.0254. The van der Waals surface area contributed by atoms with Crippen molar-refractivity contribution in [2.24, 2.45) is 0 Å². The quantitative estimate of drug-likeness (QED) is 0.803. The van der Waals surface area contributed by atoms with Crippen LogP contribution in [0.15, 0.2) is 18.2 Å². The van der Waals surface area contributed by atoms with Gasteiger partial charge in [-0.1, -0.05) is 13.0 Å². The number of ether oxygens (including phenoxy) is 2. The van der Waals surface area contributed by atoms with Crippen LogP contribution in [0.3, 0.4) is 0 Å². The lowest BCUT2D eigenvalue weighted by atomic mass is 10.1. The van der Waals surface area contributed by atoms with Gasteiger partial charge in [-0.05, 0) is 24.1 Å². The Balaban J connectivity index is 2.12. The first-order valence-electron chi connectivity index (χ1n) is 6.11. The Bertz CT molecular complexity index is 417. The van der Waals surface area contributed by atoms with Gasteiger partial charge in [-0.25, -0.2) is 0 Å². The van der Waals surface area contributed by atoms with Crippen LogP contribution >= 0.6 is 0 Å². The first-order valence-corrected chi connectivity index (χ1v) is 6.11. The maximum absolute atomic E-state index is 9.11. The third-order valence-electron chi connectivity index (χ3n) is 3.03. The van der Waals surface area contributed by atoms with E-state index < -0.39 is 0 Å². The summed E-state index contributed by atoms with van der Waals surface area (Å²) in [6.45, 7) is 3.58. The fourth-order valence-corrected chi connectivity index (χ4v) is 1.96. The Labute approximate surface area is 102 Å². The molecule has 1 aliphatic heterocycles. The highest BCUT2D eigenvalue weighted by Crippen LogP contribution is 2.23. The van der Waals surface area contributed by atoms with Crippen molar-refractivity contribution in [1.29, 1.82) is 5.26 Å². The van der Waals surface area contributed by atoms with Gasteiger partial charge < -0.3 is 9.47 Å². The van der Waals surface area contributed by atoms with E-state index in [1.54, 1.807) is 0 Å². The van der Waals surface area contributed by atoms with Gasteiger partial charge in [0.05, 0.1) is 18.8 Å². The van der Waals surface area contributed by atoms with Crippen LogP contribution in [0.25, 0.3) is 0 Å². The van der Waals surface area contributed by atoms with E-state index in [9.17, 15) is 0 Å². The number of nitrogens with zero attached hydrogens (tertiary/aromatic N) is 1. The standard InChI is InChI=1S/C14H17NO2/c1-2-11-3-4-14(12(9-11)10-15)17-13-5-7-16-8-6-13/h3-4,9,13H,2,5-8H2,1H3. The third kappa shape index (κ3) is 2.98. The second kappa shape index (κ2) is 5.70. The molecular formula is C14H17NO2. The summed E-state index contributed by atoms with van der Waals surface area (Å²) >= 11 is 0. The third-order valence-corrected chi connectivity index (χ3v) is 3.03. The normalized spacial score (nSPS) is 16.5. The molecule has 90 valence electrons. The van der Waals surface area contributed by atoms with Gasteiger partial charge in [0.15, 0.2) is 0 Å². The minimum Gasteiger partial charge on any atom is -0.489 e. The van der Waals surface area contributed by atoms with Gasteiger partial charge in [0, 0.05) is 12.8 Å². The number of nitriles is 1. The molecule has 0 amide bonds. The Hall–Kier alpha value is -1.53. The second-order valence-corrected chi connectivity index (χ2v) is 4.23. The van der Waals surface area contributed by atoms with E-state index >= 15 is 0 Å². The lowest BCUT2D eigenvalue weighted by Crippen LogP contribution is -2.26. The van der Waals surface area contributed by atoms with Gasteiger partial charge in [0.2, 0.25) is 0 Å². The molecule has 0 spiro atoms. The van der Waals surface area contributed by atoms with Gasteiger partial charge in [0.25, 0.3) is 0 Å². The van der Waals surface area contributed by atoms with Crippen LogP contribution in [0.4, 0.5) is 0 Å². The van der Waals surface area contributed by atoms with Crippen molar-refractivity contribution in [3.8, 4) is 11.8 Å². The molecule has 1 aliphatic rings. The Kier molecular flexibility index (Phi) is 4.00. The molecule has 0 bridgehead atoms. The zero-order valence-electron chi connectivity index (χ0n) is 10.1. The van der Waals surface area contributed by atoms with E-state index in [2.05, 4.69) is 13.0 Å². The number of benzene rings is 1. The van der Waals surface area contributed by atoms with Crippen LogP contribution < -0.4 is 4.74 Å². The van der Waals surface area contributed by atoms with E-state index in [0.29, 0.717) is 11.3 Å². The first-order chi connectivity index (χ1) is 8.33. The summed E-state index contributed by atoms with van der Waals surface area (Å²) in [6, 6.07) is 8.05.